The minimum absolute atomic E-state index is 0.0824. The summed E-state index contributed by atoms with van der Waals surface area (Å²) in [6.45, 7) is 8.23. The van der Waals surface area contributed by atoms with Crippen LogP contribution in [0.5, 0.6) is 5.75 Å². The Morgan fingerprint density at radius 3 is 2.69 bits per heavy atom. The second kappa shape index (κ2) is 10.4. The van der Waals surface area contributed by atoms with E-state index in [-0.39, 0.29) is 24.0 Å². The average molecular weight is 493 g/mol. The summed E-state index contributed by atoms with van der Waals surface area (Å²) in [6, 6.07) is 10.1. The Morgan fingerprint density at radius 1 is 1.17 bits per heavy atom. The van der Waals surface area contributed by atoms with E-state index in [1.165, 1.54) is 18.3 Å². The molecule has 0 radical (unpaired) electrons. The summed E-state index contributed by atoms with van der Waals surface area (Å²) < 4.78 is 9.99. The Kier molecular flexibility index (Phi) is 7.28. The van der Waals surface area contributed by atoms with Gasteiger partial charge in [0.15, 0.2) is 0 Å². The molecule has 36 heavy (non-hydrogen) atoms. The molecule has 0 spiro atoms. The van der Waals surface area contributed by atoms with Crippen molar-refractivity contribution in [2.75, 3.05) is 13.2 Å². The first kappa shape index (κ1) is 25.2. The maximum absolute atomic E-state index is 13.9. The van der Waals surface area contributed by atoms with Gasteiger partial charge in [0.05, 0.1) is 6.61 Å². The van der Waals surface area contributed by atoms with Crippen LogP contribution in [0, 0.1) is 0 Å². The summed E-state index contributed by atoms with van der Waals surface area (Å²) in [5.41, 5.74) is 1.14. The van der Waals surface area contributed by atoms with Crippen molar-refractivity contribution in [3.05, 3.63) is 60.0 Å². The van der Waals surface area contributed by atoms with Crippen molar-refractivity contribution in [1.82, 2.24) is 19.8 Å². The zero-order chi connectivity index (χ0) is 25.9. The van der Waals surface area contributed by atoms with E-state index < -0.39 is 23.8 Å². The van der Waals surface area contributed by atoms with E-state index in [4.69, 9.17) is 9.47 Å². The molecule has 1 N–H and O–H groups in total. The molecule has 0 aliphatic carbocycles. The fourth-order valence-corrected chi connectivity index (χ4v) is 4.81. The second-order valence-electron chi connectivity index (χ2n) is 9.25. The third-order valence-electron chi connectivity index (χ3n) is 6.57. The largest absolute Gasteiger partial charge is 0.513 e. The number of hydrogen-bond donors (Lipinski definition) is 1. The molecule has 1 saturated heterocycles. The summed E-state index contributed by atoms with van der Waals surface area (Å²) in [5, 5.41) is 1.02. The quantitative estimate of drug-likeness (QED) is 0.463. The number of nitrogens with zero attached hydrogens (tertiary/aromatic N) is 3. The monoisotopic (exact) mass is 492 g/mol. The van der Waals surface area contributed by atoms with Crippen LogP contribution in [0.2, 0.25) is 0 Å². The number of pyridine rings is 1. The number of hydrogen-bond acceptors (Lipinski definition) is 6. The molecule has 3 heterocycles. The molecule has 1 aromatic carbocycles. The molecule has 0 saturated carbocycles. The normalized spacial score (nSPS) is 17.0. The van der Waals surface area contributed by atoms with Gasteiger partial charge in [-0.15, -0.1) is 0 Å². The van der Waals surface area contributed by atoms with Gasteiger partial charge in [-0.25, -0.2) is 4.79 Å². The smallest absolute Gasteiger partial charge is 0.434 e. The van der Waals surface area contributed by atoms with Crippen LogP contribution in [0.4, 0.5) is 4.79 Å². The number of unbranched alkanes of at least 4 members (excludes halogenated alkanes) is 1. The number of rotatable bonds is 8. The zero-order valence-electron chi connectivity index (χ0n) is 21.1. The number of amides is 2. The number of aromatic nitrogens is 2. The minimum atomic E-state index is -0.875. The summed E-state index contributed by atoms with van der Waals surface area (Å²) in [4.78, 5) is 50.3. The van der Waals surface area contributed by atoms with Crippen molar-refractivity contribution >= 4 is 28.9 Å². The predicted molar refractivity (Wildman–Crippen MR) is 135 cm³/mol. The lowest BCUT2D eigenvalue weighted by molar-refractivity contribution is -0.131. The number of carbonyl (C=O) groups is 3. The summed E-state index contributed by atoms with van der Waals surface area (Å²) in [7, 11) is 0. The molecule has 2 aromatic heterocycles. The van der Waals surface area contributed by atoms with Crippen molar-refractivity contribution < 1.29 is 23.9 Å². The molecule has 9 heteroatoms. The third-order valence-corrected chi connectivity index (χ3v) is 6.57. The van der Waals surface area contributed by atoms with Gasteiger partial charge < -0.3 is 24.3 Å². The Labute approximate surface area is 210 Å². The Morgan fingerprint density at radius 2 is 1.94 bits per heavy atom. The molecule has 1 fully saturated rings. The first-order valence-corrected chi connectivity index (χ1v) is 12.3. The zero-order valence-corrected chi connectivity index (χ0v) is 21.1. The van der Waals surface area contributed by atoms with E-state index in [0.29, 0.717) is 13.0 Å². The molecule has 190 valence electrons. The number of para-hydroxylation sites is 1. The molecule has 2 amide bonds. The molecule has 3 aromatic rings. The van der Waals surface area contributed by atoms with E-state index in [1.807, 2.05) is 44.3 Å². The van der Waals surface area contributed by atoms with Crippen LogP contribution in [0.1, 0.15) is 56.6 Å². The molecule has 9 nitrogen and oxygen atoms in total. The van der Waals surface area contributed by atoms with Crippen LogP contribution in [-0.4, -0.2) is 62.6 Å². The van der Waals surface area contributed by atoms with E-state index in [0.717, 1.165) is 29.3 Å². The van der Waals surface area contributed by atoms with Crippen LogP contribution >= 0.6 is 0 Å². The SMILES string of the molecule is CCCCN1C(=O)C(Cc2c[nH]c3ccccc23)N(C(=O)c2cc(OC(=O)OCC)ccn2)C1(C)C. The maximum Gasteiger partial charge on any atom is 0.513 e. The Balaban J connectivity index is 1.69. The first-order valence-electron chi connectivity index (χ1n) is 12.3. The van der Waals surface area contributed by atoms with Gasteiger partial charge in [0.2, 0.25) is 5.91 Å². The van der Waals surface area contributed by atoms with Gasteiger partial charge in [0.1, 0.15) is 23.1 Å². The number of benzene rings is 1. The van der Waals surface area contributed by atoms with Crippen LogP contribution in [0.25, 0.3) is 10.9 Å². The summed E-state index contributed by atoms with van der Waals surface area (Å²) in [5.74, 6) is -0.358. The first-order chi connectivity index (χ1) is 17.3. The van der Waals surface area contributed by atoms with Crippen LogP contribution in [-0.2, 0) is 16.0 Å². The highest BCUT2D eigenvalue weighted by Crippen LogP contribution is 2.36. The van der Waals surface area contributed by atoms with Gasteiger partial charge in [-0.05, 0) is 44.9 Å². The van der Waals surface area contributed by atoms with Gasteiger partial charge >= 0.3 is 6.16 Å². The molecule has 1 atom stereocenters. The van der Waals surface area contributed by atoms with Crippen molar-refractivity contribution in [2.24, 2.45) is 0 Å². The summed E-state index contributed by atoms with van der Waals surface area (Å²) in [6.07, 6.45) is 4.56. The highest BCUT2D eigenvalue weighted by atomic mass is 16.7. The average Bonchev–Trinajstić information content (AvgIpc) is 3.34. The predicted octanol–water partition coefficient (Wildman–Crippen LogP) is 4.53. The second-order valence-corrected chi connectivity index (χ2v) is 9.25. The fourth-order valence-electron chi connectivity index (χ4n) is 4.81. The minimum Gasteiger partial charge on any atom is -0.434 e. The lowest BCUT2D eigenvalue weighted by Crippen LogP contribution is -2.53. The molecular weight excluding hydrogens is 460 g/mol. The van der Waals surface area contributed by atoms with Crippen LogP contribution < -0.4 is 4.74 Å². The van der Waals surface area contributed by atoms with Crippen LogP contribution in [0.3, 0.4) is 0 Å². The lowest BCUT2D eigenvalue weighted by atomic mass is 10.0. The van der Waals surface area contributed by atoms with Crippen LogP contribution in [0.15, 0.2) is 48.8 Å². The van der Waals surface area contributed by atoms with E-state index in [2.05, 4.69) is 16.9 Å². The number of nitrogens with one attached hydrogen (secondary N) is 1. The number of H-pyrrole nitrogens is 1. The van der Waals surface area contributed by atoms with Gasteiger partial charge in [0, 0.05) is 42.3 Å². The Bertz CT molecular complexity index is 1270. The van der Waals surface area contributed by atoms with E-state index in [1.54, 1.807) is 16.7 Å². The van der Waals surface area contributed by atoms with Crippen molar-refractivity contribution in [3.63, 3.8) is 0 Å². The third kappa shape index (κ3) is 4.78. The molecule has 0 bridgehead atoms. The maximum atomic E-state index is 13.9. The van der Waals surface area contributed by atoms with E-state index >= 15 is 0 Å². The van der Waals surface area contributed by atoms with Gasteiger partial charge in [-0.1, -0.05) is 31.5 Å². The standard InChI is InChI=1S/C27H32N4O5/c1-5-7-14-30-25(33)23(15-18-17-29-21-11-9-8-10-20(18)21)31(27(30,3)4)24(32)22-16-19(12-13-28-22)36-26(34)35-6-2/h8-13,16-17,23,29H,5-7,14-15H2,1-4H3. The lowest BCUT2D eigenvalue weighted by Gasteiger charge is -2.38. The highest BCUT2D eigenvalue weighted by Gasteiger charge is 2.53. The molecule has 1 aliphatic heterocycles. The van der Waals surface area contributed by atoms with Crippen molar-refractivity contribution in [3.8, 4) is 5.75 Å². The van der Waals surface area contributed by atoms with E-state index in [9.17, 15) is 14.4 Å². The number of aromatic amines is 1. The number of fused-ring (bicyclic) bond motifs is 1. The molecule has 4 rings (SSSR count). The van der Waals surface area contributed by atoms with Gasteiger partial charge in [0.25, 0.3) is 5.91 Å². The molecule has 1 unspecified atom stereocenters. The Hall–Kier alpha value is -3.88. The number of ether oxygens (including phenoxy) is 2. The highest BCUT2D eigenvalue weighted by molar-refractivity contribution is 6.00. The molecular formula is C27H32N4O5. The van der Waals surface area contributed by atoms with Gasteiger partial charge in [-0.3, -0.25) is 14.6 Å². The van der Waals surface area contributed by atoms with Gasteiger partial charge in [-0.2, -0.15) is 0 Å². The number of carbonyl (C=O) groups excluding carboxylic acids is 3. The van der Waals surface area contributed by atoms with Crippen molar-refractivity contribution in [2.45, 2.75) is 58.7 Å². The topological polar surface area (TPSA) is 105 Å². The fraction of sp³-hybridized carbons (Fsp3) is 0.407. The summed E-state index contributed by atoms with van der Waals surface area (Å²) >= 11 is 0. The van der Waals surface area contributed by atoms with Crippen molar-refractivity contribution in [1.29, 1.82) is 0 Å². The molecule has 1 aliphatic rings.